The fourth-order valence-corrected chi connectivity index (χ4v) is 2.61. The Bertz CT molecular complexity index is 748. The Labute approximate surface area is 146 Å². The average Bonchev–Trinajstić information content (AvgIpc) is 2.65. The van der Waals surface area contributed by atoms with Crippen LogP contribution in [-0.4, -0.2) is 38.1 Å². The van der Waals surface area contributed by atoms with Gasteiger partial charge < -0.3 is 19.7 Å². The van der Waals surface area contributed by atoms with E-state index in [1.165, 1.54) is 0 Å². The van der Waals surface area contributed by atoms with Crippen LogP contribution in [0.5, 0.6) is 11.5 Å². The van der Waals surface area contributed by atoms with Gasteiger partial charge in [-0.05, 0) is 24.3 Å². The highest BCUT2D eigenvalue weighted by molar-refractivity contribution is 5.99. The monoisotopic (exact) mass is 340 g/mol. The summed E-state index contributed by atoms with van der Waals surface area (Å²) in [5.74, 6) is 0.962. The van der Waals surface area contributed by atoms with E-state index in [2.05, 4.69) is 5.32 Å². The van der Waals surface area contributed by atoms with Crippen molar-refractivity contribution in [2.45, 2.75) is 12.5 Å². The van der Waals surface area contributed by atoms with Crippen LogP contribution in [0.4, 0.5) is 5.69 Å². The van der Waals surface area contributed by atoms with Crippen molar-refractivity contribution in [2.75, 3.05) is 25.1 Å². The van der Waals surface area contributed by atoms with Gasteiger partial charge in [0.1, 0.15) is 11.5 Å². The molecule has 0 aromatic heterocycles. The zero-order valence-corrected chi connectivity index (χ0v) is 14.0. The van der Waals surface area contributed by atoms with Crippen LogP contribution >= 0.6 is 0 Å². The molecule has 0 saturated carbocycles. The molecule has 6 nitrogen and oxygen atoms in total. The molecule has 3 rings (SSSR count). The molecule has 1 heterocycles. The number of nitrogens with one attached hydrogen (secondary N) is 1. The fourth-order valence-electron chi connectivity index (χ4n) is 2.61. The first-order valence-corrected chi connectivity index (χ1v) is 8.13. The molecule has 0 fully saturated rings. The van der Waals surface area contributed by atoms with Crippen molar-refractivity contribution >= 4 is 17.5 Å². The van der Waals surface area contributed by atoms with E-state index in [0.29, 0.717) is 24.5 Å². The lowest BCUT2D eigenvalue weighted by molar-refractivity contribution is -0.127. The number of nitrogens with zero attached hydrogens (tertiary/aromatic N) is 1. The minimum Gasteiger partial charge on any atom is -0.484 e. The molecule has 25 heavy (non-hydrogen) atoms. The molecule has 1 aliphatic rings. The van der Waals surface area contributed by atoms with Crippen LogP contribution in [0.25, 0.3) is 0 Å². The lowest BCUT2D eigenvalue weighted by Gasteiger charge is -2.31. The Kier molecular flexibility index (Phi) is 5.18. The summed E-state index contributed by atoms with van der Waals surface area (Å²) in [5, 5.41) is 2.74. The van der Waals surface area contributed by atoms with Gasteiger partial charge in [-0.15, -0.1) is 0 Å². The van der Waals surface area contributed by atoms with Crippen LogP contribution in [0, 0.1) is 0 Å². The van der Waals surface area contributed by atoms with Gasteiger partial charge in [0.05, 0.1) is 5.69 Å². The molecule has 6 heteroatoms. The van der Waals surface area contributed by atoms with E-state index >= 15 is 0 Å². The van der Waals surface area contributed by atoms with Gasteiger partial charge >= 0.3 is 0 Å². The smallest absolute Gasteiger partial charge is 0.267 e. The number of carbonyl (C=O) groups is 2. The molecule has 0 spiro atoms. The van der Waals surface area contributed by atoms with Crippen LogP contribution in [0.2, 0.25) is 0 Å². The van der Waals surface area contributed by atoms with E-state index in [4.69, 9.17) is 9.47 Å². The van der Waals surface area contributed by atoms with Crippen LogP contribution < -0.4 is 19.7 Å². The number of anilines is 1. The summed E-state index contributed by atoms with van der Waals surface area (Å²) in [6.45, 7) is 0.273. The van der Waals surface area contributed by atoms with E-state index in [1.54, 1.807) is 24.1 Å². The van der Waals surface area contributed by atoms with Crippen molar-refractivity contribution in [1.29, 1.82) is 0 Å². The first kappa shape index (κ1) is 16.8. The van der Waals surface area contributed by atoms with Gasteiger partial charge in [0, 0.05) is 20.0 Å². The lowest BCUT2D eigenvalue weighted by Crippen LogP contribution is -2.45. The third kappa shape index (κ3) is 4.09. The molecular formula is C19H20N2O4. The summed E-state index contributed by atoms with van der Waals surface area (Å²) in [6.07, 6.45) is -0.204. The molecule has 0 radical (unpaired) electrons. The zero-order valence-electron chi connectivity index (χ0n) is 14.0. The molecular weight excluding hydrogens is 320 g/mol. The van der Waals surface area contributed by atoms with Gasteiger partial charge in [-0.1, -0.05) is 30.3 Å². The molecule has 2 amide bonds. The molecule has 0 saturated heterocycles. The third-order valence-electron chi connectivity index (χ3n) is 3.94. The number of ether oxygens (including phenoxy) is 2. The average molecular weight is 340 g/mol. The van der Waals surface area contributed by atoms with Crippen molar-refractivity contribution in [3.05, 3.63) is 54.6 Å². The van der Waals surface area contributed by atoms with E-state index in [9.17, 15) is 9.59 Å². The highest BCUT2D eigenvalue weighted by Crippen LogP contribution is 2.33. The van der Waals surface area contributed by atoms with Gasteiger partial charge in [0.25, 0.3) is 11.8 Å². The second kappa shape index (κ2) is 7.70. The topological polar surface area (TPSA) is 67.9 Å². The van der Waals surface area contributed by atoms with Crippen LogP contribution in [-0.2, 0) is 9.59 Å². The van der Waals surface area contributed by atoms with Gasteiger partial charge in [-0.25, -0.2) is 0 Å². The minimum absolute atomic E-state index is 0.0633. The maximum atomic E-state index is 12.3. The van der Waals surface area contributed by atoms with E-state index < -0.39 is 6.10 Å². The number of para-hydroxylation sites is 3. The predicted octanol–water partition coefficient (Wildman–Crippen LogP) is 2.00. The SMILES string of the molecule is CN1C(=O)C(CCNC(=O)COc2ccccc2)Oc2ccccc21. The van der Waals surface area contributed by atoms with Gasteiger partial charge in [0.2, 0.25) is 0 Å². The largest absolute Gasteiger partial charge is 0.484 e. The summed E-state index contributed by atoms with van der Waals surface area (Å²) in [7, 11) is 1.73. The highest BCUT2D eigenvalue weighted by Gasteiger charge is 2.31. The molecule has 1 unspecified atom stereocenters. The Morgan fingerprint density at radius 2 is 1.88 bits per heavy atom. The van der Waals surface area contributed by atoms with Crippen molar-refractivity contribution in [2.24, 2.45) is 0 Å². The summed E-state index contributed by atoms with van der Waals surface area (Å²) < 4.78 is 11.1. The molecule has 0 bridgehead atoms. The standard InChI is InChI=1S/C19H20N2O4/c1-21-15-9-5-6-10-16(15)25-17(19(21)23)11-12-20-18(22)13-24-14-7-3-2-4-8-14/h2-10,17H,11-13H2,1H3,(H,20,22). The Balaban J connectivity index is 1.46. The maximum Gasteiger partial charge on any atom is 0.267 e. The highest BCUT2D eigenvalue weighted by atomic mass is 16.5. The van der Waals surface area contributed by atoms with Crippen LogP contribution in [0.15, 0.2) is 54.6 Å². The number of hydrogen-bond acceptors (Lipinski definition) is 4. The van der Waals surface area contributed by atoms with Crippen molar-refractivity contribution in [3.8, 4) is 11.5 Å². The first-order chi connectivity index (χ1) is 12.1. The number of carbonyl (C=O) groups excluding carboxylic acids is 2. The van der Waals surface area contributed by atoms with Crippen LogP contribution in [0.3, 0.4) is 0 Å². The number of fused-ring (bicyclic) bond motifs is 1. The number of rotatable bonds is 6. The lowest BCUT2D eigenvalue weighted by atomic mass is 10.1. The Morgan fingerprint density at radius 1 is 1.16 bits per heavy atom. The van der Waals surface area contributed by atoms with E-state index in [1.807, 2.05) is 42.5 Å². The van der Waals surface area contributed by atoms with Crippen molar-refractivity contribution in [3.63, 3.8) is 0 Å². The number of benzene rings is 2. The molecule has 2 aromatic carbocycles. The number of likely N-dealkylation sites (N-methyl/N-ethyl adjacent to an activating group) is 1. The van der Waals surface area contributed by atoms with Crippen LogP contribution in [0.1, 0.15) is 6.42 Å². The van der Waals surface area contributed by atoms with E-state index in [0.717, 1.165) is 5.69 Å². The molecule has 2 aromatic rings. The quantitative estimate of drug-likeness (QED) is 0.873. The third-order valence-corrected chi connectivity index (χ3v) is 3.94. The Morgan fingerprint density at radius 3 is 2.68 bits per heavy atom. The van der Waals surface area contributed by atoms with E-state index in [-0.39, 0.29) is 18.4 Å². The molecule has 130 valence electrons. The second-order valence-corrected chi connectivity index (χ2v) is 5.71. The Hall–Kier alpha value is -3.02. The molecule has 1 N–H and O–H groups in total. The van der Waals surface area contributed by atoms with Gasteiger partial charge in [-0.3, -0.25) is 9.59 Å². The molecule has 1 atom stereocenters. The van der Waals surface area contributed by atoms with Crippen molar-refractivity contribution in [1.82, 2.24) is 5.32 Å². The summed E-state index contributed by atoms with van der Waals surface area (Å²) in [6, 6.07) is 16.5. The summed E-state index contributed by atoms with van der Waals surface area (Å²) >= 11 is 0. The molecule has 1 aliphatic heterocycles. The fraction of sp³-hybridized carbons (Fsp3) is 0.263. The molecule has 0 aliphatic carbocycles. The summed E-state index contributed by atoms with van der Waals surface area (Å²) in [5.41, 5.74) is 0.754. The first-order valence-electron chi connectivity index (χ1n) is 8.13. The van der Waals surface area contributed by atoms with Gasteiger partial charge in [-0.2, -0.15) is 0 Å². The van der Waals surface area contributed by atoms with Gasteiger partial charge in [0.15, 0.2) is 12.7 Å². The predicted molar refractivity (Wildman–Crippen MR) is 93.8 cm³/mol. The normalized spacial score (nSPS) is 16.0. The number of hydrogen-bond donors (Lipinski definition) is 1. The summed E-state index contributed by atoms with van der Waals surface area (Å²) in [4.78, 5) is 25.8. The van der Waals surface area contributed by atoms with Crippen molar-refractivity contribution < 1.29 is 19.1 Å². The maximum absolute atomic E-state index is 12.3. The second-order valence-electron chi connectivity index (χ2n) is 5.71. The minimum atomic E-state index is -0.602. The number of amides is 2. The zero-order chi connectivity index (χ0) is 17.6.